The minimum Gasteiger partial charge on any atom is -0.481 e. The number of hydrogen-bond acceptors (Lipinski definition) is 2. The molecule has 0 bridgehead atoms. The van der Waals surface area contributed by atoms with E-state index in [1.807, 2.05) is 6.92 Å². The molecule has 1 aliphatic rings. The van der Waals surface area contributed by atoms with Crippen molar-refractivity contribution in [2.75, 3.05) is 0 Å². The molecule has 20 heavy (non-hydrogen) atoms. The van der Waals surface area contributed by atoms with Gasteiger partial charge >= 0.3 is 5.97 Å². The van der Waals surface area contributed by atoms with Crippen LogP contribution >= 0.6 is 0 Å². The summed E-state index contributed by atoms with van der Waals surface area (Å²) in [7, 11) is 0. The summed E-state index contributed by atoms with van der Waals surface area (Å²) in [6.07, 6.45) is 1.23. The van der Waals surface area contributed by atoms with Gasteiger partial charge in [-0.25, -0.2) is 0 Å². The number of hydrogen-bond donors (Lipinski definition) is 2. The van der Waals surface area contributed by atoms with Crippen molar-refractivity contribution in [2.24, 2.45) is 11.8 Å². The lowest BCUT2D eigenvalue weighted by Crippen LogP contribution is -2.35. The second-order valence-electron chi connectivity index (χ2n) is 5.90. The number of carbonyl (C=O) groups excluding carboxylic acids is 1. The van der Waals surface area contributed by atoms with Gasteiger partial charge in [-0.2, -0.15) is 0 Å². The SMILES string of the molecule is Cc1cc(C)cc(CC(C)NC(=O)C2CC2C(=O)O)c1. The van der Waals surface area contributed by atoms with E-state index in [-0.39, 0.29) is 17.9 Å². The van der Waals surface area contributed by atoms with Gasteiger partial charge in [-0.15, -0.1) is 0 Å². The lowest BCUT2D eigenvalue weighted by molar-refractivity contribution is -0.140. The smallest absolute Gasteiger partial charge is 0.307 e. The molecule has 0 aliphatic heterocycles. The van der Waals surface area contributed by atoms with Gasteiger partial charge in [-0.3, -0.25) is 9.59 Å². The maximum atomic E-state index is 11.9. The molecule has 0 spiro atoms. The van der Waals surface area contributed by atoms with E-state index in [2.05, 4.69) is 37.4 Å². The Kier molecular flexibility index (Phi) is 4.12. The Labute approximate surface area is 119 Å². The summed E-state index contributed by atoms with van der Waals surface area (Å²) >= 11 is 0. The van der Waals surface area contributed by atoms with Crippen molar-refractivity contribution in [2.45, 2.75) is 39.7 Å². The first-order valence-corrected chi connectivity index (χ1v) is 6.97. The first-order valence-electron chi connectivity index (χ1n) is 6.97. The lowest BCUT2D eigenvalue weighted by atomic mass is 10.0. The molecule has 1 fully saturated rings. The van der Waals surface area contributed by atoms with Crippen molar-refractivity contribution in [1.29, 1.82) is 0 Å². The molecule has 1 aliphatic carbocycles. The molecular weight excluding hydrogens is 254 g/mol. The van der Waals surface area contributed by atoms with Crippen LogP contribution in [0.15, 0.2) is 18.2 Å². The number of carbonyl (C=O) groups is 2. The molecule has 1 saturated carbocycles. The minimum absolute atomic E-state index is 0.0127. The minimum atomic E-state index is -0.868. The zero-order valence-corrected chi connectivity index (χ0v) is 12.1. The van der Waals surface area contributed by atoms with Gasteiger partial charge in [0.05, 0.1) is 11.8 Å². The molecule has 0 heterocycles. The van der Waals surface area contributed by atoms with E-state index in [0.717, 1.165) is 6.42 Å². The van der Waals surface area contributed by atoms with Crippen LogP contribution in [0, 0.1) is 25.7 Å². The van der Waals surface area contributed by atoms with E-state index in [4.69, 9.17) is 5.11 Å². The standard InChI is InChI=1S/C16H21NO3/c1-9-4-10(2)6-12(5-9)7-11(3)17-15(18)13-8-14(13)16(19)20/h4-6,11,13-14H,7-8H2,1-3H3,(H,17,18)(H,19,20). The Morgan fingerprint density at radius 1 is 1.25 bits per heavy atom. The molecule has 0 radical (unpaired) electrons. The molecule has 0 saturated heterocycles. The van der Waals surface area contributed by atoms with Crippen LogP contribution in [0.5, 0.6) is 0 Å². The van der Waals surface area contributed by atoms with Crippen LogP contribution in [0.2, 0.25) is 0 Å². The van der Waals surface area contributed by atoms with Crippen molar-refractivity contribution in [3.8, 4) is 0 Å². The summed E-state index contributed by atoms with van der Waals surface area (Å²) in [6.45, 7) is 6.07. The first-order chi connectivity index (χ1) is 9.36. The zero-order valence-electron chi connectivity index (χ0n) is 12.1. The van der Waals surface area contributed by atoms with Gasteiger partial charge in [0, 0.05) is 6.04 Å². The largest absolute Gasteiger partial charge is 0.481 e. The zero-order chi connectivity index (χ0) is 14.9. The number of nitrogens with one attached hydrogen (secondary N) is 1. The van der Waals surface area contributed by atoms with E-state index in [1.54, 1.807) is 0 Å². The third kappa shape index (κ3) is 3.59. The normalized spacial score (nSPS) is 22.1. The molecular formula is C16H21NO3. The van der Waals surface area contributed by atoms with Crippen LogP contribution in [-0.4, -0.2) is 23.0 Å². The molecule has 4 heteroatoms. The van der Waals surface area contributed by atoms with E-state index >= 15 is 0 Å². The highest BCUT2D eigenvalue weighted by molar-refractivity contribution is 5.89. The van der Waals surface area contributed by atoms with Gasteiger partial charge in [-0.1, -0.05) is 29.3 Å². The molecule has 1 amide bonds. The third-order valence-electron chi connectivity index (χ3n) is 3.66. The van der Waals surface area contributed by atoms with Gasteiger partial charge in [-0.05, 0) is 39.2 Å². The maximum Gasteiger partial charge on any atom is 0.307 e. The van der Waals surface area contributed by atoms with Crippen LogP contribution in [-0.2, 0) is 16.0 Å². The topological polar surface area (TPSA) is 66.4 Å². The molecule has 3 unspecified atom stereocenters. The number of aryl methyl sites for hydroxylation is 2. The first kappa shape index (κ1) is 14.6. The summed E-state index contributed by atoms with van der Waals surface area (Å²) in [6, 6.07) is 6.37. The van der Waals surface area contributed by atoms with Crippen molar-refractivity contribution in [1.82, 2.24) is 5.32 Å². The van der Waals surface area contributed by atoms with E-state index in [1.165, 1.54) is 16.7 Å². The Morgan fingerprint density at radius 3 is 2.35 bits per heavy atom. The van der Waals surface area contributed by atoms with Gasteiger partial charge in [0.25, 0.3) is 0 Å². The van der Waals surface area contributed by atoms with Gasteiger partial charge < -0.3 is 10.4 Å². The van der Waals surface area contributed by atoms with Crippen molar-refractivity contribution >= 4 is 11.9 Å². The monoisotopic (exact) mass is 275 g/mol. The second kappa shape index (κ2) is 5.65. The quantitative estimate of drug-likeness (QED) is 0.864. The fraction of sp³-hybridized carbons (Fsp3) is 0.500. The summed E-state index contributed by atoms with van der Waals surface area (Å²) in [4.78, 5) is 22.6. The Hall–Kier alpha value is -1.84. The Morgan fingerprint density at radius 2 is 1.85 bits per heavy atom. The third-order valence-corrected chi connectivity index (χ3v) is 3.66. The van der Waals surface area contributed by atoms with Crippen molar-refractivity contribution < 1.29 is 14.7 Å². The summed E-state index contributed by atoms with van der Waals surface area (Å²) in [5, 5.41) is 11.7. The van der Waals surface area contributed by atoms with Gasteiger partial charge in [0.15, 0.2) is 0 Å². The number of carboxylic acids is 1. The average Bonchev–Trinajstić information content (AvgIpc) is 3.06. The lowest BCUT2D eigenvalue weighted by Gasteiger charge is -2.15. The number of carboxylic acid groups (broad SMARTS) is 1. The number of rotatable bonds is 5. The molecule has 1 aromatic rings. The predicted molar refractivity (Wildman–Crippen MR) is 76.5 cm³/mol. The molecule has 3 atom stereocenters. The second-order valence-corrected chi connectivity index (χ2v) is 5.90. The van der Waals surface area contributed by atoms with E-state index in [9.17, 15) is 9.59 Å². The number of aliphatic carboxylic acids is 1. The van der Waals surface area contributed by atoms with E-state index in [0.29, 0.717) is 6.42 Å². The molecule has 108 valence electrons. The average molecular weight is 275 g/mol. The van der Waals surface area contributed by atoms with Crippen LogP contribution in [0.25, 0.3) is 0 Å². The van der Waals surface area contributed by atoms with Crippen LogP contribution in [0.3, 0.4) is 0 Å². The Balaban J connectivity index is 1.88. The summed E-state index contributed by atoms with van der Waals surface area (Å²) in [5.41, 5.74) is 3.62. The fourth-order valence-corrected chi connectivity index (χ4v) is 2.70. The number of benzene rings is 1. The molecule has 4 nitrogen and oxygen atoms in total. The molecule has 2 rings (SSSR count). The maximum absolute atomic E-state index is 11.9. The van der Waals surface area contributed by atoms with Gasteiger partial charge in [0.2, 0.25) is 5.91 Å². The van der Waals surface area contributed by atoms with Crippen molar-refractivity contribution in [3.63, 3.8) is 0 Å². The highest BCUT2D eigenvalue weighted by Crippen LogP contribution is 2.38. The van der Waals surface area contributed by atoms with Gasteiger partial charge in [0.1, 0.15) is 0 Å². The van der Waals surface area contributed by atoms with Crippen LogP contribution in [0.1, 0.15) is 30.0 Å². The summed E-state index contributed by atoms with van der Waals surface area (Å²) < 4.78 is 0. The predicted octanol–water partition coefficient (Wildman–Crippen LogP) is 2.07. The molecule has 0 aromatic heterocycles. The van der Waals surface area contributed by atoms with Crippen LogP contribution < -0.4 is 5.32 Å². The Bertz CT molecular complexity index is 518. The molecule has 1 aromatic carbocycles. The van der Waals surface area contributed by atoms with Crippen LogP contribution in [0.4, 0.5) is 0 Å². The van der Waals surface area contributed by atoms with Crippen molar-refractivity contribution in [3.05, 3.63) is 34.9 Å². The molecule has 2 N–H and O–H groups in total. The highest BCUT2D eigenvalue weighted by Gasteiger charge is 2.48. The highest BCUT2D eigenvalue weighted by atomic mass is 16.4. The fourth-order valence-electron chi connectivity index (χ4n) is 2.70. The number of amides is 1. The van der Waals surface area contributed by atoms with E-state index < -0.39 is 11.9 Å². The summed E-state index contributed by atoms with van der Waals surface area (Å²) in [5.74, 6) is -1.82.